The summed E-state index contributed by atoms with van der Waals surface area (Å²) in [4.78, 5) is 17.8. The number of fused-ring (bicyclic) bond motifs is 1. The van der Waals surface area contributed by atoms with E-state index in [0.29, 0.717) is 54.2 Å². The summed E-state index contributed by atoms with van der Waals surface area (Å²) in [6, 6.07) is 8.07. The second-order valence-corrected chi connectivity index (χ2v) is 11.5. The number of hydrogen-bond donors (Lipinski definition) is 0. The summed E-state index contributed by atoms with van der Waals surface area (Å²) in [5.74, 6) is -1.29. The lowest BCUT2D eigenvalue weighted by Crippen LogP contribution is -2.42. The maximum absolute atomic E-state index is 14.5. The molecule has 1 aliphatic rings. The monoisotopic (exact) mass is 497 g/mol. The molecule has 1 fully saturated rings. The molecule has 32 heavy (non-hydrogen) atoms. The van der Waals surface area contributed by atoms with E-state index in [4.69, 9.17) is 4.74 Å². The molecule has 2 aromatic heterocycles. The molecule has 1 unspecified atom stereocenters. The van der Waals surface area contributed by atoms with Gasteiger partial charge in [0, 0.05) is 26.2 Å². The van der Waals surface area contributed by atoms with Crippen LogP contribution in [0.5, 0.6) is 0 Å². The fraction of sp³-hybridized carbons (Fsp3) is 0.429. The number of sulfonamides is 1. The molecule has 1 saturated heterocycles. The molecule has 172 valence electrons. The van der Waals surface area contributed by atoms with E-state index >= 15 is 0 Å². The Morgan fingerprint density at radius 2 is 2.16 bits per heavy atom. The van der Waals surface area contributed by atoms with Crippen molar-refractivity contribution in [3.63, 3.8) is 0 Å². The van der Waals surface area contributed by atoms with Crippen LogP contribution in [-0.4, -0.2) is 49.5 Å². The highest BCUT2D eigenvalue weighted by molar-refractivity contribution is 7.91. The molecule has 0 bridgehead atoms. The molecular weight excluding hydrogens is 473 g/mol. The van der Waals surface area contributed by atoms with Crippen LogP contribution >= 0.6 is 22.7 Å². The number of aromatic nitrogens is 1. The van der Waals surface area contributed by atoms with Crippen molar-refractivity contribution >= 4 is 48.8 Å². The van der Waals surface area contributed by atoms with E-state index in [-0.39, 0.29) is 22.5 Å². The first-order valence-electron chi connectivity index (χ1n) is 10.4. The third kappa shape index (κ3) is 4.72. The Balaban J connectivity index is 1.63. The number of amides is 1. The van der Waals surface area contributed by atoms with Crippen molar-refractivity contribution in [1.29, 1.82) is 0 Å². The number of thiophene rings is 1. The van der Waals surface area contributed by atoms with Crippen molar-refractivity contribution in [1.82, 2.24) is 8.87 Å². The van der Waals surface area contributed by atoms with Gasteiger partial charge in [-0.1, -0.05) is 23.5 Å². The fourth-order valence-corrected chi connectivity index (χ4v) is 7.51. The van der Waals surface area contributed by atoms with Gasteiger partial charge in [-0.3, -0.25) is 4.79 Å². The number of benzene rings is 1. The molecule has 1 atom stereocenters. The summed E-state index contributed by atoms with van der Waals surface area (Å²) in [5, 5.41) is 1.72. The third-order valence-electron chi connectivity index (χ3n) is 5.34. The number of halogens is 1. The number of carbonyl (C=O) groups is 1. The van der Waals surface area contributed by atoms with E-state index < -0.39 is 15.9 Å². The van der Waals surface area contributed by atoms with Crippen LogP contribution in [0.4, 0.5) is 4.39 Å². The Morgan fingerprint density at radius 3 is 2.91 bits per heavy atom. The zero-order valence-corrected chi connectivity index (χ0v) is 20.0. The van der Waals surface area contributed by atoms with Gasteiger partial charge in [0.25, 0.3) is 15.9 Å². The smallest absolute Gasteiger partial charge is 0.252 e. The van der Waals surface area contributed by atoms with Gasteiger partial charge in [-0.05, 0) is 43.3 Å². The topological polar surface area (TPSA) is 81.0 Å². The molecule has 1 amide bonds. The molecule has 3 heterocycles. The van der Waals surface area contributed by atoms with Crippen LogP contribution in [0, 0.1) is 11.7 Å². The van der Waals surface area contributed by atoms with Crippen molar-refractivity contribution in [3.8, 4) is 0 Å². The Hall–Kier alpha value is -1.92. The highest BCUT2D eigenvalue weighted by Gasteiger charge is 2.33. The predicted molar refractivity (Wildman–Crippen MR) is 123 cm³/mol. The molecular formula is C21H24FN3O4S3. The van der Waals surface area contributed by atoms with Gasteiger partial charge >= 0.3 is 0 Å². The Bertz CT molecular complexity index is 1270. The van der Waals surface area contributed by atoms with Crippen molar-refractivity contribution in [3.05, 3.63) is 46.3 Å². The molecule has 1 aromatic carbocycles. The van der Waals surface area contributed by atoms with Gasteiger partial charge in [-0.25, -0.2) is 12.8 Å². The average molecular weight is 498 g/mol. The van der Waals surface area contributed by atoms with Gasteiger partial charge in [0.05, 0.1) is 22.7 Å². The first-order chi connectivity index (χ1) is 15.4. The van der Waals surface area contributed by atoms with Crippen LogP contribution in [0.15, 0.2) is 44.9 Å². The minimum atomic E-state index is -3.62. The van der Waals surface area contributed by atoms with Crippen molar-refractivity contribution in [2.45, 2.75) is 30.5 Å². The quantitative estimate of drug-likeness (QED) is 0.468. The fourth-order valence-electron chi connectivity index (χ4n) is 3.77. The van der Waals surface area contributed by atoms with Crippen LogP contribution in [0.3, 0.4) is 0 Å². The normalized spacial score (nSPS) is 18.4. The molecule has 0 saturated carbocycles. The molecule has 4 rings (SSSR count). The summed E-state index contributed by atoms with van der Waals surface area (Å²) in [6.45, 7) is 3.63. The van der Waals surface area contributed by atoms with Crippen LogP contribution in [0.2, 0.25) is 0 Å². The van der Waals surface area contributed by atoms with Gasteiger partial charge in [0.15, 0.2) is 4.80 Å². The lowest BCUT2D eigenvalue weighted by molar-refractivity contribution is -0.122. The zero-order valence-electron chi connectivity index (χ0n) is 17.6. The number of para-hydroxylation sites is 1. The standard InChI is InChI=1S/C21H24FN3O4S3/c1-2-29-12-11-25-19-16(22)7-3-8-17(19)31-21(25)23-20(26)15-6-4-10-24(14-15)32(27,28)18-9-5-13-30-18/h3,5,7-9,13,15H,2,4,6,10-12,14H2,1H3. The van der Waals surface area contributed by atoms with E-state index in [1.165, 1.54) is 21.7 Å². The number of thiazole rings is 1. The predicted octanol–water partition coefficient (Wildman–Crippen LogP) is 3.47. The largest absolute Gasteiger partial charge is 0.380 e. The number of piperidine rings is 1. The lowest BCUT2D eigenvalue weighted by Gasteiger charge is -2.29. The molecule has 1 aliphatic heterocycles. The number of rotatable bonds is 7. The van der Waals surface area contributed by atoms with Crippen molar-refractivity contribution < 1.29 is 22.3 Å². The summed E-state index contributed by atoms with van der Waals surface area (Å²) < 4.78 is 49.7. The van der Waals surface area contributed by atoms with Crippen LogP contribution < -0.4 is 4.80 Å². The second-order valence-electron chi connectivity index (χ2n) is 7.40. The SMILES string of the molecule is CCOCCn1c(=NC(=O)C2CCCN(S(=O)(=O)c3cccs3)C2)sc2cccc(F)c21. The maximum atomic E-state index is 14.5. The van der Waals surface area contributed by atoms with Crippen LogP contribution in [0.25, 0.3) is 10.2 Å². The van der Waals surface area contributed by atoms with E-state index in [2.05, 4.69) is 4.99 Å². The first kappa shape index (κ1) is 23.2. The summed E-state index contributed by atoms with van der Waals surface area (Å²) in [5.41, 5.74) is 0.397. The van der Waals surface area contributed by atoms with E-state index in [1.807, 2.05) is 6.92 Å². The Kier molecular flexibility index (Phi) is 7.21. The summed E-state index contributed by atoms with van der Waals surface area (Å²) in [7, 11) is -3.62. The molecule has 7 nitrogen and oxygen atoms in total. The van der Waals surface area contributed by atoms with Gasteiger partial charge in [-0.2, -0.15) is 9.30 Å². The number of ether oxygens (including phenoxy) is 1. The highest BCUT2D eigenvalue weighted by atomic mass is 32.2. The molecule has 0 N–H and O–H groups in total. The van der Waals surface area contributed by atoms with Gasteiger partial charge in [0.1, 0.15) is 10.0 Å². The van der Waals surface area contributed by atoms with Gasteiger partial charge in [0.2, 0.25) is 0 Å². The maximum Gasteiger partial charge on any atom is 0.252 e. The summed E-state index contributed by atoms with van der Waals surface area (Å²) in [6.07, 6.45) is 1.15. The van der Waals surface area contributed by atoms with Crippen LogP contribution in [0.1, 0.15) is 19.8 Å². The number of carbonyl (C=O) groups excluding carboxylic acids is 1. The third-order valence-corrected chi connectivity index (χ3v) is 9.63. The van der Waals surface area contributed by atoms with Gasteiger partial charge < -0.3 is 9.30 Å². The second kappa shape index (κ2) is 9.92. The highest BCUT2D eigenvalue weighted by Crippen LogP contribution is 2.27. The molecule has 0 radical (unpaired) electrons. The molecule has 3 aromatic rings. The molecule has 11 heteroatoms. The van der Waals surface area contributed by atoms with Crippen molar-refractivity contribution in [2.75, 3.05) is 26.3 Å². The Morgan fingerprint density at radius 1 is 1.31 bits per heavy atom. The van der Waals surface area contributed by atoms with Crippen LogP contribution in [-0.2, 0) is 26.1 Å². The lowest BCUT2D eigenvalue weighted by atomic mass is 9.99. The van der Waals surface area contributed by atoms with Crippen molar-refractivity contribution in [2.24, 2.45) is 10.9 Å². The Labute approximate surface area is 193 Å². The minimum absolute atomic E-state index is 0.0980. The minimum Gasteiger partial charge on any atom is -0.380 e. The number of hydrogen-bond acceptors (Lipinski definition) is 6. The summed E-state index contributed by atoms with van der Waals surface area (Å²) >= 11 is 2.41. The first-order valence-corrected chi connectivity index (χ1v) is 13.5. The van der Waals surface area contributed by atoms with E-state index in [1.54, 1.807) is 34.2 Å². The van der Waals surface area contributed by atoms with E-state index in [9.17, 15) is 17.6 Å². The van der Waals surface area contributed by atoms with E-state index in [0.717, 1.165) is 11.3 Å². The zero-order chi connectivity index (χ0) is 22.7. The number of nitrogens with zero attached hydrogens (tertiary/aromatic N) is 3. The molecule has 0 aliphatic carbocycles. The van der Waals surface area contributed by atoms with Gasteiger partial charge in [-0.15, -0.1) is 11.3 Å². The average Bonchev–Trinajstić information content (AvgIpc) is 3.44. The molecule has 0 spiro atoms.